The van der Waals surface area contributed by atoms with Gasteiger partial charge in [-0.05, 0) is 69.0 Å². The van der Waals surface area contributed by atoms with Gasteiger partial charge in [0.15, 0.2) is 0 Å². The standard InChI is InChI=1S/C31H37Cl2N3O4S/c1-5-23(4)34-31(38)28(6-2)35(19-18-24-10-8-7-9-11-24)30(37)21-36(29-20-25(32)14-17-27(29)33)41(39,40)26-15-12-22(3)13-16-26/h7-17,20,23,28H,5-6,18-19,21H2,1-4H3,(H,34,38). The van der Waals surface area contributed by atoms with Crippen LogP contribution in [0.15, 0.2) is 77.7 Å². The maximum Gasteiger partial charge on any atom is 0.264 e. The van der Waals surface area contributed by atoms with Crippen molar-refractivity contribution in [1.82, 2.24) is 10.2 Å². The van der Waals surface area contributed by atoms with Gasteiger partial charge in [0, 0.05) is 17.6 Å². The summed E-state index contributed by atoms with van der Waals surface area (Å²) in [5, 5.41) is 3.36. The van der Waals surface area contributed by atoms with Crippen LogP contribution in [-0.2, 0) is 26.0 Å². The maximum absolute atomic E-state index is 14.1. The third kappa shape index (κ3) is 8.47. The van der Waals surface area contributed by atoms with Crippen molar-refractivity contribution >= 4 is 50.7 Å². The van der Waals surface area contributed by atoms with Crippen LogP contribution in [0.25, 0.3) is 0 Å². The monoisotopic (exact) mass is 617 g/mol. The lowest BCUT2D eigenvalue weighted by atomic mass is 10.1. The molecule has 3 rings (SSSR count). The summed E-state index contributed by atoms with van der Waals surface area (Å²) in [6, 6.07) is 19.6. The highest BCUT2D eigenvalue weighted by atomic mass is 35.5. The lowest BCUT2D eigenvalue weighted by Gasteiger charge is -2.34. The van der Waals surface area contributed by atoms with Gasteiger partial charge in [0.2, 0.25) is 11.8 Å². The molecule has 10 heteroatoms. The molecular weight excluding hydrogens is 581 g/mol. The maximum atomic E-state index is 14.1. The number of nitrogens with zero attached hydrogens (tertiary/aromatic N) is 2. The third-order valence-corrected chi connectivity index (χ3v) is 9.26. The smallest absolute Gasteiger partial charge is 0.264 e. The molecule has 0 aliphatic rings. The minimum absolute atomic E-state index is 0.00401. The molecule has 0 spiro atoms. The first kappa shape index (κ1) is 32.4. The average molecular weight is 619 g/mol. The Morgan fingerprint density at radius 1 is 0.927 bits per heavy atom. The summed E-state index contributed by atoms with van der Waals surface area (Å²) < 4.78 is 28.9. The summed E-state index contributed by atoms with van der Waals surface area (Å²) in [6.45, 7) is 7.20. The predicted molar refractivity (Wildman–Crippen MR) is 166 cm³/mol. The summed E-state index contributed by atoms with van der Waals surface area (Å²) in [6.07, 6.45) is 1.57. The van der Waals surface area contributed by atoms with E-state index >= 15 is 0 Å². The second-order valence-electron chi connectivity index (χ2n) is 9.99. The molecule has 3 aromatic carbocycles. The summed E-state index contributed by atoms with van der Waals surface area (Å²) in [4.78, 5) is 28.9. The van der Waals surface area contributed by atoms with Crippen molar-refractivity contribution in [3.05, 3.63) is 94.0 Å². The van der Waals surface area contributed by atoms with E-state index in [0.717, 1.165) is 21.9 Å². The van der Waals surface area contributed by atoms with E-state index in [4.69, 9.17) is 23.2 Å². The number of hydrogen-bond donors (Lipinski definition) is 1. The van der Waals surface area contributed by atoms with Gasteiger partial charge >= 0.3 is 0 Å². The normalized spacial score (nSPS) is 12.8. The van der Waals surface area contributed by atoms with Crippen LogP contribution in [0.5, 0.6) is 0 Å². The molecule has 1 N–H and O–H groups in total. The number of halogens is 2. The Bertz CT molecular complexity index is 1430. The molecule has 0 fully saturated rings. The van der Waals surface area contributed by atoms with Gasteiger partial charge in [-0.1, -0.05) is 85.1 Å². The van der Waals surface area contributed by atoms with Crippen LogP contribution in [0.2, 0.25) is 10.0 Å². The van der Waals surface area contributed by atoms with Gasteiger partial charge in [-0.15, -0.1) is 0 Å². The van der Waals surface area contributed by atoms with Crippen molar-refractivity contribution in [1.29, 1.82) is 0 Å². The van der Waals surface area contributed by atoms with Gasteiger partial charge in [-0.2, -0.15) is 0 Å². The van der Waals surface area contributed by atoms with Crippen molar-refractivity contribution in [2.24, 2.45) is 0 Å². The summed E-state index contributed by atoms with van der Waals surface area (Å²) in [5.41, 5.74) is 1.95. The lowest BCUT2D eigenvalue weighted by molar-refractivity contribution is -0.139. The molecule has 0 saturated heterocycles. The van der Waals surface area contributed by atoms with Crippen LogP contribution in [0.4, 0.5) is 5.69 Å². The SMILES string of the molecule is CCC(C)NC(=O)C(CC)N(CCc1ccccc1)C(=O)CN(c1cc(Cl)ccc1Cl)S(=O)(=O)c1ccc(C)cc1. The predicted octanol–water partition coefficient (Wildman–Crippen LogP) is 6.26. The minimum atomic E-state index is -4.24. The number of sulfonamides is 1. The number of hydrogen-bond acceptors (Lipinski definition) is 4. The molecule has 0 bridgehead atoms. The molecule has 0 aliphatic heterocycles. The molecule has 3 aromatic rings. The number of nitrogens with one attached hydrogen (secondary N) is 1. The zero-order valence-corrected chi connectivity index (χ0v) is 26.1. The fraction of sp³-hybridized carbons (Fsp3) is 0.355. The summed E-state index contributed by atoms with van der Waals surface area (Å²) >= 11 is 12.7. The number of amides is 2. The van der Waals surface area contributed by atoms with Crippen molar-refractivity contribution in [3.63, 3.8) is 0 Å². The zero-order valence-electron chi connectivity index (χ0n) is 23.8. The fourth-order valence-electron chi connectivity index (χ4n) is 4.36. The van der Waals surface area contributed by atoms with Crippen molar-refractivity contribution < 1.29 is 18.0 Å². The van der Waals surface area contributed by atoms with E-state index in [-0.39, 0.29) is 39.1 Å². The number of anilines is 1. The molecule has 0 heterocycles. The number of rotatable bonds is 13. The molecule has 0 aromatic heterocycles. The van der Waals surface area contributed by atoms with Gasteiger partial charge in [0.05, 0.1) is 15.6 Å². The van der Waals surface area contributed by atoms with E-state index in [9.17, 15) is 18.0 Å². The highest BCUT2D eigenvalue weighted by Gasteiger charge is 2.34. The topological polar surface area (TPSA) is 86.8 Å². The summed E-state index contributed by atoms with van der Waals surface area (Å²) in [7, 11) is -4.24. The van der Waals surface area contributed by atoms with Gasteiger partial charge in [-0.25, -0.2) is 8.42 Å². The van der Waals surface area contributed by atoms with Crippen LogP contribution in [-0.4, -0.2) is 50.3 Å². The number of aryl methyl sites for hydroxylation is 1. The van der Waals surface area contributed by atoms with E-state index in [1.807, 2.05) is 58.0 Å². The molecular formula is C31H37Cl2N3O4S. The zero-order chi connectivity index (χ0) is 30.2. The van der Waals surface area contributed by atoms with Crippen LogP contribution >= 0.6 is 23.2 Å². The van der Waals surface area contributed by atoms with Gasteiger partial charge in [0.1, 0.15) is 12.6 Å². The molecule has 220 valence electrons. The molecule has 2 unspecified atom stereocenters. The third-order valence-electron chi connectivity index (χ3n) is 6.94. The van der Waals surface area contributed by atoms with E-state index < -0.39 is 28.5 Å². The number of benzene rings is 3. The lowest BCUT2D eigenvalue weighted by Crippen LogP contribution is -2.54. The highest BCUT2D eigenvalue weighted by molar-refractivity contribution is 7.92. The van der Waals surface area contributed by atoms with E-state index in [0.29, 0.717) is 12.8 Å². The molecule has 2 atom stereocenters. The van der Waals surface area contributed by atoms with Crippen molar-refractivity contribution in [3.8, 4) is 0 Å². The summed E-state index contributed by atoms with van der Waals surface area (Å²) in [5.74, 6) is -0.809. The van der Waals surface area contributed by atoms with Crippen LogP contribution in [0.1, 0.15) is 44.7 Å². The van der Waals surface area contributed by atoms with Crippen molar-refractivity contribution in [2.75, 3.05) is 17.4 Å². The molecule has 41 heavy (non-hydrogen) atoms. The van der Waals surface area contributed by atoms with E-state index in [2.05, 4.69) is 5.32 Å². The quantitative estimate of drug-likeness (QED) is 0.245. The Kier molecular flexibility index (Phi) is 11.6. The number of carbonyl (C=O) groups is 2. The second-order valence-corrected chi connectivity index (χ2v) is 12.7. The van der Waals surface area contributed by atoms with Gasteiger partial charge in [-0.3, -0.25) is 13.9 Å². The fourth-order valence-corrected chi connectivity index (χ4v) is 6.23. The van der Waals surface area contributed by atoms with Gasteiger partial charge < -0.3 is 10.2 Å². The molecule has 0 radical (unpaired) electrons. The molecule has 0 saturated carbocycles. The Balaban J connectivity index is 2.05. The second kappa shape index (κ2) is 14.7. The molecule has 7 nitrogen and oxygen atoms in total. The first-order chi connectivity index (χ1) is 19.5. The Labute approximate surface area is 253 Å². The minimum Gasteiger partial charge on any atom is -0.352 e. The first-order valence-electron chi connectivity index (χ1n) is 13.7. The van der Waals surface area contributed by atoms with Crippen molar-refractivity contribution in [2.45, 2.75) is 63.9 Å². The average Bonchev–Trinajstić information content (AvgIpc) is 2.95. The molecule has 2 amide bonds. The van der Waals surface area contributed by atoms with Gasteiger partial charge in [0.25, 0.3) is 10.0 Å². The van der Waals surface area contributed by atoms with Crippen LogP contribution in [0.3, 0.4) is 0 Å². The van der Waals surface area contributed by atoms with Crippen LogP contribution in [0, 0.1) is 6.92 Å². The van der Waals surface area contributed by atoms with E-state index in [1.165, 1.54) is 29.2 Å². The Morgan fingerprint density at radius 3 is 2.20 bits per heavy atom. The Morgan fingerprint density at radius 2 is 1.59 bits per heavy atom. The van der Waals surface area contributed by atoms with E-state index in [1.54, 1.807) is 18.2 Å². The number of carbonyl (C=O) groups excluding carboxylic acids is 2. The highest BCUT2D eigenvalue weighted by Crippen LogP contribution is 2.33. The first-order valence-corrected chi connectivity index (χ1v) is 15.9. The molecule has 0 aliphatic carbocycles. The Hall–Kier alpha value is -3.07. The van der Waals surface area contributed by atoms with Crippen LogP contribution < -0.4 is 9.62 Å². The largest absolute Gasteiger partial charge is 0.352 e.